The van der Waals surface area contributed by atoms with Crippen LogP contribution in [0.25, 0.3) is 10.9 Å². The number of imidazole rings is 1. The number of carbonyl (C=O) groups is 4. The lowest BCUT2D eigenvalue weighted by Gasteiger charge is -2.50. The number of para-hydroxylation sites is 1. The van der Waals surface area contributed by atoms with Gasteiger partial charge in [-0.05, 0) is 87.4 Å². The van der Waals surface area contributed by atoms with Crippen LogP contribution in [0.5, 0.6) is 0 Å². The predicted octanol–water partition coefficient (Wildman–Crippen LogP) is 2.58. The number of nitrogens with zero attached hydrogens (tertiary/aromatic N) is 2. The Morgan fingerprint density at radius 2 is 1.72 bits per heavy atom. The molecule has 0 saturated carbocycles. The van der Waals surface area contributed by atoms with Crippen molar-refractivity contribution < 1.29 is 19.2 Å². The second-order valence-electron chi connectivity index (χ2n) is 16.4. The van der Waals surface area contributed by atoms with Crippen LogP contribution < -0.4 is 27.0 Å². The molecule has 5 unspecified atom stereocenters. The maximum absolute atomic E-state index is 15.0. The maximum Gasteiger partial charge on any atom is 0.246 e. The number of benzene rings is 1. The summed E-state index contributed by atoms with van der Waals surface area (Å²) in [5, 5.41) is 14.3. The molecule has 3 fully saturated rings. The van der Waals surface area contributed by atoms with Crippen molar-refractivity contribution in [2.45, 2.75) is 115 Å². The number of aromatic nitrogens is 3. The molecule has 288 valence electrons. The highest BCUT2D eigenvalue weighted by Gasteiger charge is 2.59. The highest BCUT2D eigenvalue weighted by Crippen LogP contribution is 2.44. The number of likely N-dealkylation sites (tertiary alicyclic amines) is 1. The lowest BCUT2D eigenvalue weighted by atomic mass is 9.69. The summed E-state index contributed by atoms with van der Waals surface area (Å²) in [5.41, 5.74) is 7.90. The Balaban J connectivity index is 1.25. The van der Waals surface area contributed by atoms with Crippen molar-refractivity contribution in [2.75, 3.05) is 19.6 Å². The van der Waals surface area contributed by atoms with E-state index in [1.54, 1.807) is 17.4 Å². The molecule has 0 aliphatic carbocycles. The molecule has 2 aromatic heterocycles. The van der Waals surface area contributed by atoms with Crippen LogP contribution in [0.1, 0.15) is 77.5 Å². The molecular weight excluding hydrogens is 670 g/mol. The molecular formula is C40H59N9O4. The fourth-order valence-electron chi connectivity index (χ4n) is 9.20. The Kier molecular flexibility index (Phi) is 12.4. The number of fused-ring (bicyclic) bond motifs is 1. The van der Waals surface area contributed by atoms with Crippen LogP contribution in [0, 0.1) is 23.7 Å². The largest absolute Gasteiger partial charge is 0.361 e. The lowest BCUT2D eigenvalue weighted by Crippen LogP contribution is -2.70. The Hall–Kier alpha value is -4.07. The van der Waals surface area contributed by atoms with Gasteiger partial charge in [-0.3, -0.25) is 14.4 Å². The number of carbonyl (C=O) groups excluding carboxylic acids is 4. The normalized spacial score (nSPS) is 28.0. The second-order valence-corrected chi connectivity index (χ2v) is 16.4. The summed E-state index contributed by atoms with van der Waals surface area (Å²) in [7, 11) is 0. The van der Waals surface area contributed by atoms with E-state index in [4.69, 9.17) is 5.73 Å². The van der Waals surface area contributed by atoms with Gasteiger partial charge in [-0.1, -0.05) is 45.9 Å². The van der Waals surface area contributed by atoms with Gasteiger partial charge in [-0.25, -0.2) is 4.98 Å². The summed E-state index contributed by atoms with van der Waals surface area (Å²) >= 11 is 0. The first-order valence-electron chi connectivity index (χ1n) is 19.6. The summed E-state index contributed by atoms with van der Waals surface area (Å²) in [4.78, 5) is 68.8. The lowest BCUT2D eigenvalue weighted by molar-refractivity contribution is -0.147. The SMILES string of the molecule is CC(C)C[C@H](NC(=O)[C@H](N)Cc1c[nH]c2ccccc12)C(=O)N[C@H](Cc1cnc[nH]1)C(=O)N1CCC(C2CC(C)CCN2)[C@]1(C=O)C1CC(C)CCN1. The van der Waals surface area contributed by atoms with E-state index >= 15 is 4.79 Å². The van der Waals surface area contributed by atoms with Crippen LogP contribution in [-0.4, -0.2) is 99.2 Å². The Bertz CT molecular complexity index is 1710. The van der Waals surface area contributed by atoms with E-state index in [9.17, 15) is 14.4 Å². The molecule has 0 bridgehead atoms. The fourth-order valence-corrected chi connectivity index (χ4v) is 9.20. The monoisotopic (exact) mass is 729 g/mol. The van der Waals surface area contributed by atoms with Crippen molar-refractivity contribution in [1.82, 2.24) is 41.1 Å². The van der Waals surface area contributed by atoms with Gasteiger partial charge in [0.1, 0.15) is 23.9 Å². The van der Waals surface area contributed by atoms with Gasteiger partial charge in [0, 0.05) is 60.0 Å². The Morgan fingerprint density at radius 3 is 2.42 bits per heavy atom. The average Bonchev–Trinajstić information content (AvgIpc) is 3.90. The molecule has 3 aliphatic heterocycles. The smallest absolute Gasteiger partial charge is 0.246 e. The molecule has 13 nitrogen and oxygen atoms in total. The van der Waals surface area contributed by atoms with E-state index in [0.717, 1.165) is 61.5 Å². The molecule has 1 aromatic carbocycles. The number of nitrogens with two attached hydrogens (primary N) is 1. The number of piperidine rings is 2. The van der Waals surface area contributed by atoms with Gasteiger partial charge in [0.15, 0.2) is 0 Å². The zero-order valence-corrected chi connectivity index (χ0v) is 31.7. The van der Waals surface area contributed by atoms with Gasteiger partial charge in [-0.2, -0.15) is 0 Å². The molecule has 5 heterocycles. The summed E-state index contributed by atoms with van der Waals surface area (Å²) < 4.78 is 0. The second kappa shape index (κ2) is 16.9. The van der Waals surface area contributed by atoms with Crippen molar-refractivity contribution >= 4 is 34.9 Å². The van der Waals surface area contributed by atoms with Gasteiger partial charge in [0.2, 0.25) is 17.7 Å². The number of aromatic amines is 2. The van der Waals surface area contributed by atoms with Crippen LogP contribution in [0.2, 0.25) is 0 Å². The molecule has 8 N–H and O–H groups in total. The van der Waals surface area contributed by atoms with Crippen LogP contribution in [-0.2, 0) is 32.0 Å². The van der Waals surface area contributed by atoms with Crippen LogP contribution in [0.3, 0.4) is 0 Å². The molecule has 3 aromatic rings. The standard InChI is InChI=1S/C40H59N9O4/c1-24(2)15-34(47-37(51)31(41)18-27-20-45-32-8-6-5-7-29(27)32)38(52)48-35(19-28-21-42-23-46-28)39(53)49-14-11-30(33-16-25(3)9-12-43-33)40(49,22-50)36-17-26(4)10-13-44-36/h5-8,20-26,30-31,33-36,43-45H,9-19,41H2,1-4H3,(H,42,46)(H,47,51)(H,48,52)/t25?,26?,30?,31-,33?,34+,35-,36?,40-/m1/s1. The van der Waals surface area contributed by atoms with Gasteiger partial charge in [0.25, 0.3) is 0 Å². The Labute approximate surface area is 312 Å². The summed E-state index contributed by atoms with van der Waals surface area (Å²) in [6, 6.07) is 4.89. The molecule has 0 spiro atoms. The number of aldehydes is 1. The molecule has 9 atom stereocenters. The highest BCUT2D eigenvalue weighted by atomic mass is 16.2. The third-order valence-electron chi connectivity index (χ3n) is 12.0. The number of hydrogen-bond donors (Lipinski definition) is 7. The minimum Gasteiger partial charge on any atom is -0.361 e. The van der Waals surface area contributed by atoms with Gasteiger partial charge >= 0.3 is 0 Å². The molecule has 53 heavy (non-hydrogen) atoms. The summed E-state index contributed by atoms with van der Waals surface area (Å²) in [5.74, 6) is -0.320. The zero-order valence-electron chi connectivity index (χ0n) is 31.7. The molecule has 0 radical (unpaired) electrons. The third-order valence-corrected chi connectivity index (χ3v) is 12.0. The van der Waals surface area contributed by atoms with E-state index < -0.39 is 35.5 Å². The highest BCUT2D eigenvalue weighted by molar-refractivity contribution is 5.95. The van der Waals surface area contributed by atoms with E-state index in [1.165, 1.54) is 0 Å². The molecule has 3 saturated heterocycles. The van der Waals surface area contributed by atoms with Crippen molar-refractivity contribution in [3.63, 3.8) is 0 Å². The van der Waals surface area contributed by atoms with Gasteiger partial charge in [0.05, 0.1) is 12.4 Å². The summed E-state index contributed by atoms with van der Waals surface area (Å²) in [6.45, 7) is 10.5. The van der Waals surface area contributed by atoms with E-state index in [0.29, 0.717) is 43.3 Å². The third kappa shape index (κ3) is 8.52. The van der Waals surface area contributed by atoms with E-state index in [-0.39, 0.29) is 36.2 Å². The first-order valence-corrected chi connectivity index (χ1v) is 19.6. The van der Waals surface area contributed by atoms with Crippen LogP contribution in [0.4, 0.5) is 0 Å². The molecule has 3 amide bonds. The minimum absolute atomic E-state index is 0.0597. The number of nitrogens with one attached hydrogen (secondary N) is 6. The first kappa shape index (κ1) is 38.6. The number of rotatable bonds is 14. The first-order chi connectivity index (χ1) is 25.5. The van der Waals surface area contributed by atoms with Gasteiger partial charge in [-0.15, -0.1) is 0 Å². The van der Waals surface area contributed by atoms with Gasteiger partial charge < -0.3 is 46.7 Å². The minimum atomic E-state index is -1.09. The molecule has 3 aliphatic rings. The maximum atomic E-state index is 15.0. The number of H-pyrrole nitrogens is 2. The fraction of sp³-hybridized carbons (Fsp3) is 0.625. The quantitative estimate of drug-likeness (QED) is 0.123. The molecule has 13 heteroatoms. The van der Waals surface area contributed by atoms with E-state index in [1.807, 2.05) is 44.3 Å². The van der Waals surface area contributed by atoms with Crippen molar-refractivity contribution in [2.24, 2.45) is 29.4 Å². The number of amides is 3. The zero-order chi connectivity index (χ0) is 37.7. The topological polar surface area (TPSA) is 190 Å². The van der Waals surface area contributed by atoms with Crippen molar-refractivity contribution in [3.8, 4) is 0 Å². The average molecular weight is 730 g/mol. The van der Waals surface area contributed by atoms with E-state index in [2.05, 4.69) is 50.1 Å². The van der Waals surface area contributed by atoms with Crippen molar-refractivity contribution in [3.05, 3.63) is 54.2 Å². The number of hydrogen-bond acceptors (Lipinski definition) is 8. The Morgan fingerprint density at radius 1 is 0.981 bits per heavy atom. The predicted molar refractivity (Wildman–Crippen MR) is 205 cm³/mol. The van der Waals surface area contributed by atoms with Crippen molar-refractivity contribution in [1.29, 1.82) is 0 Å². The summed E-state index contributed by atoms with van der Waals surface area (Å²) in [6.07, 6.45) is 11.4. The molecule has 6 rings (SSSR count). The van der Waals surface area contributed by atoms with Crippen LogP contribution in [0.15, 0.2) is 43.0 Å². The van der Waals surface area contributed by atoms with Crippen LogP contribution >= 0.6 is 0 Å².